The number of aliphatic hydroxyl groups excluding tert-OH is 1. The number of methoxy groups -OCH3 is 1. The fourth-order valence-electron chi connectivity index (χ4n) is 3.89. The first-order valence-electron chi connectivity index (χ1n) is 10.2. The highest BCUT2D eigenvalue weighted by atomic mass is 16.6. The number of nitriles is 1. The van der Waals surface area contributed by atoms with Crippen LogP contribution in [0.3, 0.4) is 0 Å². The van der Waals surface area contributed by atoms with E-state index in [-0.39, 0.29) is 22.4 Å². The van der Waals surface area contributed by atoms with E-state index in [1.165, 1.54) is 49.6 Å². The Balaban J connectivity index is 1.98. The van der Waals surface area contributed by atoms with Crippen LogP contribution in [0.15, 0.2) is 72.3 Å². The second kappa shape index (κ2) is 8.99. The van der Waals surface area contributed by atoms with Crippen LogP contribution in [0.1, 0.15) is 22.7 Å². The molecule has 2 N–H and O–H groups in total. The Bertz CT molecular complexity index is 1440. The number of phenols is 1. The van der Waals surface area contributed by atoms with Gasteiger partial charge in [-0.1, -0.05) is 18.2 Å². The number of nitrogens with zero attached hydrogens (tertiary/aromatic N) is 3. The largest absolute Gasteiger partial charge is 0.507 e. The number of aromatic hydroxyl groups is 1. The van der Waals surface area contributed by atoms with Gasteiger partial charge in [-0.15, -0.1) is 0 Å². The molecule has 0 aliphatic carbocycles. The molecule has 1 aliphatic rings. The van der Waals surface area contributed by atoms with E-state index in [2.05, 4.69) is 0 Å². The summed E-state index contributed by atoms with van der Waals surface area (Å²) >= 11 is 0. The summed E-state index contributed by atoms with van der Waals surface area (Å²) in [7, 11) is 1.43. The highest BCUT2D eigenvalue weighted by Crippen LogP contribution is 2.44. The molecule has 0 aromatic heterocycles. The molecule has 1 amide bonds. The minimum Gasteiger partial charge on any atom is -0.507 e. The lowest BCUT2D eigenvalue weighted by atomic mass is 9.94. The first kappa shape index (κ1) is 23.0. The van der Waals surface area contributed by atoms with Crippen molar-refractivity contribution in [2.24, 2.45) is 0 Å². The summed E-state index contributed by atoms with van der Waals surface area (Å²) in [4.78, 5) is 38.1. The van der Waals surface area contributed by atoms with Crippen molar-refractivity contribution in [3.05, 3.63) is 99.1 Å². The number of ketones is 1. The standard InChI is InChI=1S/C25H17N3O7/c1-35-18-4-2-3-16(11-18)23(30)21-22(15-7-10-20(29)19(12-15)28(33)34)27(25(32)24(21)31)17-8-5-14(13-26)6-9-17/h2-12,22,29-30H,1H3/b23-21-. The monoisotopic (exact) mass is 471 g/mol. The minimum atomic E-state index is -1.26. The SMILES string of the molecule is COc1cccc(/C(O)=C2/C(=O)C(=O)N(c3ccc(C#N)cc3)C2c2ccc(O)c([N+](=O)[O-])c2)c1. The Morgan fingerprint density at radius 3 is 2.46 bits per heavy atom. The first-order chi connectivity index (χ1) is 16.8. The molecule has 1 unspecified atom stereocenters. The molecule has 35 heavy (non-hydrogen) atoms. The van der Waals surface area contributed by atoms with Crippen LogP contribution in [0.4, 0.5) is 11.4 Å². The Kier molecular flexibility index (Phi) is 5.91. The van der Waals surface area contributed by atoms with Gasteiger partial charge in [0.15, 0.2) is 5.75 Å². The quantitative estimate of drug-likeness (QED) is 0.187. The van der Waals surface area contributed by atoms with Crippen molar-refractivity contribution >= 4 is 28.8 Å². The molecule has 0 spiro atoms. The van der Waals surface area contributed by atoms with Crippen molar-refractivity contribution in [3.63, 3.8) is 0 Å². The number of amides is 1. The molecule has 1 atom stereocenters. The summed E-state index contributed by atoms with van der Waals surface area (Å²) in [6.45, 7) is 0. The number of benzene rings is 3. The maximum Gasteiger partial charge on any atom is 0.311 e. The predicted octanol–water partition coefficient (Wildman–Crippen LogP) is 3.81. The molecule has 10 heteroatoms. The Hall–Kier alpha value is -5.17. The van der Waals surface area contributed by atoms with Crippen molar-refractivity contribution in [1.29, 1.82) is 5.26 Å². The minimum absolute atomic E-state index is 0.113. The number of hydrogen-bond donors (Lipinski definition) is 2. The number of anilines is 1. The molecule has 1 aliphatic heterocycles. The molecule has 0 saturated carbocycles. The van der Waals surface area contributed by atoms with Crippen molar-refractivity contribution in [2.45, 2.75) is 6.04 Å². The van der Waals surface area contributed by atoms with E-state index in [1.807, 2.05) is 6.07 Å². The third-order valence-corrected chi connectivity index (χ3v) is 5.57. The topological polar surface area (TPSA) is 154 Å². The summed E-state index contributed by atoms with van der Waals surface area (Å²) in [5.74, 6) is -2.68. The fourth-order valence-corrected chi connectivity index (χ4v) is 3.89. The molecular formula is C25H17N3O7. The zero-order valence-corrected chi connectivity index (χ0v) is 18.2. The van der Waals surface area contributed by atoms with Gasteiger partial charge < -0.3 is 14.9 Å². The van der Waals surface area contributed by atoms with Gasteiger partial charge in [-0.3, -0.25) is 24.6 Å². The number of ether oxygens (including phenoxy) is 1. The molecule has 4 rings (SSSR count). The number of nitro benzene ring substituents is 1. The smallest absolute Gasteiger partial charge is 0.311 e. The van der Waals surface area contributed by atoms with Crippen LogP contribution >= 0.6 is 0 Å². The number of carbonyl (C=O) groups is 2. The van der Waals surface area contributed by atoms with Crippen molar-refractivity contribution in [3.8, 4) is 17.6 Å². The average molecular weight is 471 g/mol. The summed E-state index contributed by atoms with van der Waals surface area (Å²) in [6.07, 6.45) is 0. The van der Waals surface area contributed by atoms with Gasteiger partial charge in [-0.2, -0.15) is 5.26 Å². The van der Waals surface area contributed by atoms with Crippen LogP contribution in [0, 0.1) is 21.4 Å². The molecule has 0 bridgehead atoms. The molecule has 1 heterocycles. The van der Waals surface area contributed by atoms with Gasteiger partial charge in [0.1, 0.15) is 11.5 Å². The van der Waals surface area contributed by atoms with Crippen LogP contribution < -0.4 is 9.64 Å². The summed E-state index contributed by atoms with van der Waals surface area (Å²) in [5.41, 5.74) is -0.0695. The third kappa shape index (κ3) is 4.02. The van der Waals surface area contributed by atoms with Gasteiger partial charge in [0, 0.05) is 17.3 Å². The summed E-state index contributed by atoms with van der Waals surface area (Å²) in [5, 5.41) is 41.6. The average Bonchev–Trinajstić information content (AvgIpc) is 3.14. The van der Waals surface area contributed by atoms with E-state index in [0.29, 0.717) is 11.3 Å². The second-order valence-corrected chi connectivity index (χ2v) is 7.56. The molecule has 0 radical (unpaired) electrons. The van der Waals surface area contributed by atoms with E-state index in [4.69, 9.17) is 10.00 Å². The molecular weight excluding hydrogens is 454 g/mol. The number of aliphatic hydroxyl groups is 1. The second-order valence-electron chi connectivity index (χ2n) is 7.56. The first-order valence-corrected chi connectivity index (χ1v) is 10.2. The number of phenolic OH excluding ortho intramolecular Hbond substituents is 1. The number of hydrogen-bond acceptors (Lipinski definition) is 8. The van der Waals surface area contributed by atoms with Gasteiger partial charge in [0.2, 0.25) is 0 Å². The highest BCUT2D eigenvalue weighted by Gasteiger charge is 2.47. The summed E-state index contributed by atoms with van der Waals surface area (Å²) in [6, 6.07) is 16.2. The lowest BCUT2D eigenvalue weighted by Crippen LogP contribution is -2.29. The zero-order valence-electron chi connectivity index (χ0n) is 18.2. The molecule has 1 saturated heterocycles. The van der Waals surface area contributed by atoms with E-state index in [9.17, 15) is 29.9 Å². The lowest BCUT2D eigenvalue weighted by Gasteiger charge is -2.25. The third-order valence-electron chi connectivity index (χ3n) is 5.57. The van der Waals surface area contributed by atoms with Crippen LogP contribution in [0.2, 0.25) is 0 Å². The van der Waals surface area contributed by atoms with Gasteiger partial charge in [0.25, 0.3) is 11.7 Å². The van der Waals surface area contributed by atoms with Crippen LogP contribution in [0.5, 0.6) is 11.5 Å². The maximum absolute atomic E-state index is 13.2. The van der Waals surface area contributed by atoms with E-state index in [0.717, 1.165) is 17.0 Å². The fraction of sp³-hybridized carbons (Fsp3) is 0.0800. The molecule has 1 fully saturated rings. The molecule has 10 nitrogen and oxygen atoms in total. The van der Waals surface area contributed by atoms with Crippen molar-refractivity contribution < 1.29 is 29.5 Å². The van der Waals surface area contributed by atoms with Gasteiger partial charge in [0.05, 0.1) is 35.3 Å². The Morgan fingerprint density at radius 1 is 1.11 bits per heavy atom. The number of carbonyl (C=O) groups excluding carboxylic acids is 2. The maximum atomic E-state index is 13.2. The van der Waals surface area contributed by atoms with E-state index in [1.54, 1.807) is 12.1 Å². The van der Waals surface area contributed by atoms with E-state index < -0.39 is 39.9 Å². The van der Waals surface area contributed by atoms with E-state index >= 15 is 0 Å². The normalized spacial score (nSPS) is 16.7. The molecule has 3 aromatic rings. The van der Waals surface area contributed by atoms with Crippen LogP contribution in [-0.2, 0) is 9.59 Å². The molecule has 174 valence electrons. The van der Waals surface area contributed by atoms with Crippen LogP contribution in [0.25, 0.3) is 5.76 Å². The Labute approximate surface area is 198 Å². The summed E-state index contributed by atoms with van der Waals surface area (Å²) < 4.78 is 5.17. The Morgan fingerprint density at radius 2 is 1.83 bits per heavy atom. The molecule has 3 aromatic carbocycles. The predicted molar refractivity (Wildman–Crippen MR) is 124 cm³/mol. The zero-order chi connectivity index (χ0) is 25.3. The van der Waals surface area contributed by atoms with Gasteiger partial charge >= 0.3 is 5.69 Å². The number of Topliss-reactive ketones (excluding diaryl/α,β-unsaturated/α-hetero) is 1. The van der Waals surface area contributed by atoms with Crippen LogP contribution in [-0.4, -0.2) is 33.9 Å². The highest BCUT2D eigenvalue weighted by molar-refractivity contribution is 6.51. The number of rotatable bonds is 5. The number of nitro groups is 1. The lowest BCUT2D eigenvalue weighted by molar-refractivity contribution is -0.385. The van der Waals surface area contributed by atoms with Gasteiger partial charge in [-0.25, -0.2) is 0 Å². The van der Waals surface area contributed by atoms with Crippen molar-refractivity contribution in [1.82, 2.24) is 0 Å². The van der Waals surface area contributed by atoms with Gasteiger partial charge in [-0.05, 0) is 48.0 Å². The van der Waals surface area contributed by atoms with Crippen molar-refractivity contribution in [2.75, 3.05) is 12.0 Å².